The molecule has 0 heterocycles. The highest BCUT2D eigenvalue weighted by atomic mass is 31.1. The topological polar surface area (TPSA) is 24.1 Å². The smallest absolute Gasteiger partial charge is 0.00118 e. The van der Waals surface area contributed by atoms with Crippen LogP contribution in [0.15, 0.2) is 0 Å². The van der Waals surface area contributed by atoms with Gasteiger partial charge in [-0.3, -0.25) is 5.43 Å². The van der Waals surface area contributed by atoms with Gasteiger partial charge >= 0.3 is 0 Å². The van der Waals surface area contributed by atoms with E-state index in [0.29, 0.717) is 0 Å². The molecule has 0 bridgehead atoms. The largest absolute Gasteiger partial charge is 0.258 e. The Balaban J connectivity index is 2.19. The summed E-state index contributed by atoms with van der Waals surface area (Å²) in [7, 11) is 2.65. The molecular weight excluding hydrogens is 83.0 g/mol. The highest BCUT2D eigenvalue weighted by Crippen LogP contribution is 1.84. The first-order valence-electron chi connectivity index (χ1n) is 1.50. The van der Waals surface area contributed by atoms with Crippen LogP contribution in [0.1, 0.15) is 0 Å². The number of hydrogen-bond acceptors (Lipinski definition) is 2. The van der Waals surface area contributed by atoms with Gasteiger partial charge in [-0.25, -0.2) is 5.20 Å². The van der Waals surface area contributed by atoms with Crippen molar-refractivity contribution in [3.05, 3.63) is 0 Å². The average Bonchev–Trinajstić information content (AvgIpc) is 1.41. The minimum absolute atomic E-state index is 0.797. The lowest BCUT2D eigenvalue weighted by atomic mass is 11.5. The van der Waals surface area contributed by atoms with Crippen molar-refractivity contribution in [2.45, 2.75) is 0 Å². The van der Waals surface area contributed by atoms with Crippen molar-refractivity contribution in [2.75, 3.05) is 13.7 Å². The maximum atomic E-state index is 2.89. The van der Waals surface area contributed by atoms with E-state index in [4.69, 9.17) is 0 Å². The number of hydrazine groups is 1. The van der Waals surface area contributed by atoms with E-state index in [1.165, 1.54) is 0 Å². The molecule has 3 heteroatoms. The third-order valence-electron chi connectivity index (χ3n) is 0.250. The van der Waals surface area contributed by atoms with Crippen LogP contribution in [0.2, 0.25) is 0 Å². The summed E-state index contributed by atoms with van der Waals surface area (Å²) in [5.41, 5.74) is 2.78. The van der Waals surface area contributed by atoms with Crippen LogP contribution in [0.3, 0.4) is 0 Å². The van der Waals surface area contributed by atoms with Crippen molar-refractivity contribution in [3.8, 4) is 0 Å². The number of rotatable bonds is 2. The van der Waals surface area contributed by atoms with Gasteiger partial charge in [0.2, 0.25) is 0 Å². The lowest BCUT2D eigenvalue weighted by Gasteiger charge is -1.90. The predicted octanol–water partition coefficient (Wildman–Crippen LogP) is -0.0663. The average molecular weight is 92.1 g/mol. The Bertz CT molecular complexity index is 15.1. The predicted molar refractivity (Wildman–Crippen MR) is 26.4 cm³/mol. The fourth-order valence-electron chi connectivity index (χ4n) is 0.125. The van der Waals surface area contributed by atoms with Crippen molar-refractivity contribution in [1.29, 1.82) is 0 Å². The molecule has 0 amide bonds. The number of hydrogen-bond donors (Lipinski definition) is 2. The third kappa shape index (κ3) is 4.35. The second-order valence-corrected chi connectivity index (χ2v) is 1.38. The van der Waals surface area contributed by atoms with Crippen LogP contribution < -0.4 is 10.6 Å². The zero-order chi connectivity index (χ0) is 4.12. The van der Waals surface area contributed by atoms with Gasteiger partial charge < -0.3 is 0 Å². The first-order valence-corrected chi connectivity index (χ1v) is 3.00. The normalized spacial score (nSPS) is 10.8. The van der Waals surface area contributed by atoms with Gasteiger partial charge in [0.1, 0.15) is 0 Å². The summed E-state index contributed by atoms with van der Waals surface area (Å²) < 4.78 is 0. The first-order chi connectivity index (χ1) is 2.41. The highest BCUT2D eigenvalue weighted by Gasteiger charge is 1.58. The van der Waals surface area contributed by atoms with Crippen molar-refractivity contribution in [3.63, 3.8) is 0 Å². The second-order valence-electron chi connectivity index (χ2n) is 0.625. The van der Waals surface area contributed by atoms with Crippen LogP contribution in [-0.4, -0.2) is 13.7 Å². The molecule has 0 aliphatic rings. The van der Waals surface area contributed by atoms with Gasteiger partial charge in [0.15, 0.2) is 0 Å². The molecule has 2 N–H and O–H groups in total. The van der Waals surface area contributed by atoms with E-state index in [2.05, 4.69) is 17.3 Å². The van der Waals surface area contributed by atoms with Crippen LogP contribution in [-0.2, 0) is 0 Å². The Morgan fingerprint density at radius 3 is 2.20 bits per heavy atom. The Morgan fingerprint density at radius 2 is 2.20 bits per heavy atom. The van der Waals surface area contributed by atoms with Gasteiger partial charge in [-0.05, 0) is 22.4 Å². The molecule has 0 saturated heterocycles. The molecule has 5 heavy (non-hydrogen) atoms. The summed E-state index contributed by atoms with van der Waals surface area (Å²) in [5, 5.41) is 2.89. The Kier molecular flexibility index (Phi) is 4.65. The van der Waals surface area contributed by atoms with E-state index >= 15 is 0 Å². The van der Waals surface area contributed by atoms with E-state index in [1.54, 1.807) is 0 Å². The summed E-state index contributed by atoms with van der Waals surface area (Å²) >= 11 is 0. The highest BCUT2D eigenvalue weighted by molar-refractivity contribution is 7.34. The van der Waals surface area contributed by atoms with Gasteiger partial charge in [-0.1, -0.05) is 0 Å². The molecule has 0 fully saturated rings. The zero-order valence-electron chi connectivity index (χ0n) is 3.50. The van der Waals surface area contributed by atoms with E-state index in [1.807, 2.05) is 7.05 Å². The Morgan fingerprint density at radius 1 is 1.60 bits per heavy atom. The van der Waals surface area contributed by atoms with Crippen LogP contribution >= 0.6 is 8.73 Å². The maximum absolute atomic E-state index is 2.89. The quantitative estimate of drug-likeness (QED) is 0.368. The molecule has 0 radical (unpaired) electrons. The molecule has 0 aliphatic carbocycles. The molecule has 0 rings (SSSR count). The van der Waals surface area contributed by atoms with E-state index in [0.717, 1.165) is 8.73 Å². The van der Waals surface area contributed by atoms with E-state index in [-0.39, 0.29) is 0 Å². The van der Waals surface area contributed by atoms with Crippen LogP contribution in [0.25, 0.3) is 0 Å². The Labute approximate surface area is 34.1 Å². The molecule has 1 unspecified atom stereocenters. The van der Waals surface area contributed by atoms with Crippen molar-refractivity contribution >= 4 is 8.73 Å². The maximum Gasteiger partial charge on any atom is -0.00118 e. The number of nitrogens with one attached hydrogen (secondary N) is 2. The lowest BCUT2D eigenvalue weighted by Crippen LogP contribution is -2.16. The molecule has 0 aromatic heterocycles. The van der Waals surface area contributed by atoms with Gasteiger partial charge in [0.05, 0.1) is 0 Å². The fraction of sp³-hybridized carbons (Fsp3) is 1.00. The summed E-state index contributed by atoms with van der Waals surface area (Å²) in [6.07, 6.45) is 0. The van der Waals surface area contributed by atoms with Gasteiger partial charge in [-0.2, -0.15) is 0 Å². The van der Waals surface area contributed by atoms with Crippen LogP contribution in [0.4, 0.5) is 0 Å². The molecule has 32 valence electrons. The Hall–Kier alpha value is 0.350. The van der Waals surface area contributed by atoms with Crippen molar-refractivity contribution in [1.82, 2.24) is 10.6 Å². The van der Waals surface area contributed by atoms with Gasteiger partial charge in [-0.15, -0.1) is 0 Å². The monoisotopic (exact) mass is 92.1 g/mol. The van der Waals surface area contributed by atoms with Gasteiger partial charge in [0.25, 0.3) is 0 Å². The summed E-state index contributed by atoms with van der Waals surface area (Å²) in [5.74, 6) is 0. The molecular formula is C2H9N2P. The molecule has 0 aromatic carbocycles. The lowest BCUT2D eigenvalue weighted by molar-refractivity contribution is 0.812. The van der Waals surface area contributed by atoms with Gasteiger partial charge in [0, 0.05) is 0 Å². The molecule has 0 aliphatic heterocycles. The summed E-state index contributed by atoms with van der Waals surface area (Å²) in [6, 6.07) is 0. The molecule has 1 atom stereocenters. The summed E-state index contributed by atoms with van der Waals surface area (Å²) in [4.78, 5) is 0. The minimum Gasteiger partial charge on any atom is -0.258 e. The second kappa shape index (κ2) is 4.35. The van der Waals surface area contributed by atoms with Crippen LogP contribution in [0.5, 0.6) is 0 Å². The molecule has 0 spiro atoms. The standard InChI is InChI=1S/C2H9N2P/c1-3-4-5-2/h3-5H,1-2H3. The van der Waals surface area contributed by atoms with Crippen LogP contribution in [0, 0.1) is 0 Å². The van der Waals surface area contributed by atoms with Crippen molar-refractivity contribution in [2.24, 2.45) is 0 Å². The molecule has 2 nitrogen and oxygen atoms in total. The fourth-order valence-corrected chi connectivity index (χ4v) is 0.375. The third-order valence-corrected chi connectivity index (χ3v) is 0.750. The minimum atomic E-state index is 0.797. The zero-order valence-corrected chi connectivity index (χ0v) is 4.50. The molecule has 0 saturated carbocycles. The van der Waals surface area contributed by atoms with E-state index in [9.17, 15) is 0 Å². The van der Waals surface area contributed by atoms with E-state index < -0.39 is 0 Å². The van der Waals surface area contributed by atoms with Crippen molar-refractivity contribution < 1.29 is 0 Å². The molecule has 0 aromatic rings. The first kappa shape index (κ1) is 5.35. The SMILES string of the molecule is CNNPC. The summed E-state index contributed by atoms with van der Waals surface area (Å²) in [6.45, 7) is 2.07.